The summed E-state index contributed by atoms with van der Waals surface area (Å²) in [6, 6.07) is 7.62. The largest absolute Gasteiger partial charge is 0.466 e. The van der Waals surface area contributed by atoms with Crippen LogP contribution >= 0.6 is 0 Å². The van der Waals surface area contributed by atoms with Gasteiger partial charge in [-0.05, 0) is 68.0 Å². The van der Waals surface area contributed by atoms with Crippen LogP contribution in [0.1, 0.15) is 42.4 Å². The van der Waals surface area contributed by atoms with Gasteiger partial charge in [0, 0.05) is 18.8 Å². The normalized spacial score (nSPS) is 18.2. The summed E-state index contributed by atoms with van der Waals surface area (Å²) in [6.07, 6.45) is -0.236. The molecule has 1 saturated heterocycles. The Hall–Kier alpha value is -4.16. The number of aromatic nitrogens is 3. The lowest BCUT2D eigenvalue weighted by Crippen LogP contribution is -2.36. The van der Waals surface area contributed by atoms with Gasteiger partial charge in [-0.1, -0.05) is 5.10 Å². The molecule has 200 valence electrons. The van der Waals surface area contributed by atoms with Gasteiger partial charge in [-0.3, -0.25) is 9.59 Å². The molecule has 1 amide bonds. The van der Waals surface area contributed by atoms with Crippen LogP contribution in [0.4, 0.5) is 36.4 Å². The summed E-state index contributed by atoms with van der Waals surface area (Å²) in [6.45, 7) is 3.78. The van der Waals surface area contributed by atoms with Crippen molar-refractivity contribution < 1.29 is 31.9 Å². The van der Waals surface area contributed by atoms with Crippen molar-refractivity contribution in [3.05, 3.63) is 54.0 Å². The van der Waals surface area contributed by atoms with Crippen molar-refractivity contribution in [2.75, 3.05) is 35.2 Å². The van der Waals surface area contributed by atoms with E-state index in [4.69, 9.17) is 9.15 Å². The van der Waals surface area contributed by atoms with Crippen molar-refractivity contribution in [1.82, 2.24) is 15.2 Å². The second kappa shape index (κ2) is 9.95. The van der Waals surface area contributed by atoms with E-state index in [0.717, 1.165) is 50.3 Å². The Labute approximate surface area is 215 Å². The van der Waals surface area contributed by atoms with E-state index in [-0.39, 0.29) is 34.9 Å². The molecule has 1 saturated carbocycles. The minimum Gasteiger partial charge on any atom is -0.466 e. The maximum atomic E-state index is 12.7. The summed E-state index contributed by atoms with van der Waals surface area (Å²) in [5.74, 6) is -0.308. The fourth-order valence-electron chi connectivity index (χ4n) is 4.72. The Balaban J connectivity index is 1.12. The second-order valence-electron chi connectivity index (χ2n) is 9.33. The number of carbonyl (C=O) groups excluding carboxylic acids is 2. The number of piperidine rings is 1. The van der Waals surface area contributed by atoms with Crippen LogP contribution in [0.25, 0.3) is 0 Å². The number of anilines is 4. The van der Waals surface area contributed by atoms with Crippen molar-refractivity contribution in [3.8, 4) is 0 Å². The van der Waals surface area contributed by atoms with E-state index in [0.29, 0.717) is 12.3 Å². The fraction of sp³-hybridized carbons (Fsp3) is 0.400. The zero-order valence-corrected chi connectivity index (χ0v) is 20.4. The molecule has 3 heterocycles. The average molecular weight is 531 g/mol. The van der Waals surface area contributed by atoms with E-state index in [2.05, 4.69) is 30.7 Å². The fourth-order valence-corrected chi connectivity index (χ4v) is 4.72. The molecule has 2 aromatic heterocycles. The first kappa shape index (κ1) is 25.5. The predicted octanol–water partition coefficient (Wildman–Crippen LogP) is 4.65. The van der Waals surface area contributed by atoms with Crippen LogP contribution in [0.3, 0.4) is 0 Å². The maximum Gasteiger partial charge on any atom is 0.416 e. The molecule has 1 aliphatic heterocycles. The van der Waals surface area contributed by atoms with Gasteiger partial charge in [0.15, 0.2) is 0 Å². The third kappa shape index (κ3) is 5.41. The molecule has 1 unspecified atom stereocenters. The van der Waals surface area contributed by atoms with Crippen LogP contribution < -0.4 is 15.5 Å². The SMILES string of the molecule is CCOC(=O)C1CC12CCN(c1ccc(NC(=O)c3nnc(Nc4ccc(C(F)(F)F)cc4)o3)cn1)CC2. The summed E-state index contributed by atoms with van der Waals surface area (Å²) in [5, 5.41) is 12.7. The minimum absolute atomic E-state index is 0.00509. The Morgan fingerprint density at radius 1 is 1.11 bits per heavy atom. The summed E-state index contributed by atoms with van der Waals surface area (Å²) < 4.78 is 48.5. The molecule has 0 bridgehead atoms. The molecule has 1 spiro atoms. The molecular weight excluding hydrogens is 505 g/mol. The minimum atomic E-state index is -4.44. The van der Waals surface area contributed by atoms with E-state index in [1.54, 1.807) is 12.1 Å². The summed E-state index contributed by atoms with van der Waals surface area (Å²) in [4.78, 5) is 31.1. The van der Waals surface area contributed by atoms with Gasteiger partial charge in [0.2, 0.25) is 0 Å². The summed E-state index contributed by atoms with van der Waals surface area (Å²) >= 11 is 0. The molecule has 0 radical (unpaired) electrons. The standard InChI is InChI=1S/C25H25F3N6O4/c1-2-37-22(36)18-13-24(18)9-11-34(12-10-24)19-8-7-17(14-29-19)30-20(35)21-32-33-23(38-21)31-16-5-3-15(4-6-16)25(26,27)28/h3-8,14,18H,2,9-13H2,1H3,(H,30,35)(H,31,33). The van der Waals surface area contributed by atoms with Gasteiger partial charge in [-0.15, -0.1) is 5.10 Å². The van der Waals surface area contributed by atoms with Crippen LogP contribution in [0.2, 0.25) is 0 Å². The third-order valence-corrected chi connectivity index (χ3v) is 6.93. The van der Waals surface area contributed by atoms with Crippen LogP contribution in [0, 0.1) is 11.3 Å². The first-order valence-electron chi connectivity index (χ1n) is 12.1. The van der Waals surface area contributed by atoms with E-state index in [1.807, 2.05) is 6.92 Å². The quantitative estimate of drug-likeness (QED) is 0.420. The predicted molar refractivity (Wildman–Crippen MR) is 130 cm³/mol. The number of pyridine rings is 1. The molecule has 2 fully saturated rings. The number of esters is 1. The lowest BCUT2D eigenvalue weighted by Gasteiger charge is -2.33. The van der Waals surface area contributed by atoms with Crippen LogP contribution in [-0.2, 0) is 15.7 Å². The molecule has 1 atom stereocenters. The molecule has 2 N–H and O–H groups in total. The number of carbonyl (C=O) groups is 2. The number of nitrogens with one attached hydrogen (secondary N) is 2. The molecule has 38 heavy (non-hydrogen) atoms. The van der Waals surface area contributed by atoms with Gasteiger partial charge in [0.05, 0.1) is 30.0 Å². The van der Waals surface area contributed by atoms with E-state index < -0.39 is 17.6 Å². The topological polar surface area (TPSA) is 122 Å². The van der Waals surface area contributed by atoms with E-state index >= 15 is 0 Å². The van der Waals surface area contributed by atoms with Crippen LogP contribution in [0.15, 0.2) is 47.0 Å². The van der Waals surface area contributed by atoms with E-state index in [9.17, 15) is 22.8 Å². The van der Waals surface area contributed by atoms with Crippen molar-refractivity contribution in [1.29, 1.82) is 0 Å². The van der Waals surface area contributed by atoms with Gasteiger partial charge < -0.3 is 24.7 Å². The average Bonchev–Trinajstić information content (AvgIpc) is 3.38. The summed E-state index contributed by atoms with van der Waals surface area (Å²) in [5.41, 5.74) is -0.0218. The van der Waals surface area contributed by atoms with Crippen LogP contribution in [0.5, 0.6) is 0 Å². The molecule has 5 rings (SSSR count). The van der Waals surface area contributed by atoms with Gasteiger partial charge >= 0.3 is 30.0 Å². The third-order valence-electron chi connectivity index (χ3n) is 6.93. The smallest absolute Gasteiger partial charge is 0.416 e. The van der Waals surface area contributed by atoms with E-state index in [1.165, 1.54) is 18.3 Å². The lowest BCUT2D eigenvalue weighted by molar-refractivity contribution is -0.145. The molecule has 1 aliphatic carbocycles. The highest BCUT2D eigenvalue weighted by atomic mass is 19.4. The highest BCUT2D eigenvalue weighted by Gasteiger charge is 2.59. The first-order valence-corrected chi connectivity index (χ1v) is 12.1. The number of halogens is 3. The number of hydrogen-bond donors (Lipinski definition) is 2. The first-order chi connectivity index (χ1) is 18.2. The highest BCUT2D eigenvalue weighted by molar-refractivity contribution is 6.00. The number of benzene rings is 1. The maximum absolute atomic E-state index is 12.7. The Morgan fingerprint density at radius 2 is 1.82 bits per heavy atom. The number of hydrogen-bond acceptors (Lipinski definition) is 9. The molecule has 2 aliphatic rings. The molecule has 10 nitrogen and oxygen atoms in total. The molecule has 3 aromatic rings. The van der Waals surface area contributed by atoms with Crippen molar-refractivity contribution in [3.63, 3.8) is 0 Å². The number of ether oxygens (including phenoxy) is 1. The Morgan fingerprint density at radius 3 is 2.45 bits per heavy atom. The zero-order valence-electron chi connectivity index (χ0n) is 20.4. The van der Waals surface area contributed by atoms with Gasteiger partial charge in [-0.2, -0.15) is 13.2 Å². The zero-order chi connectivity index (χ0) is 26.9. The van der Waals surface area contributed by atoms with Crippen molar-refractivity contribution >= 4 is 35.1 Å². The number of nitrogens with zero attached hydrogens (tertiary/aromatic N) is 4. The monoisotopic (exact) mass is 530 g/mol. The van der Waals surface area contributed by atoms with Gasteiger partial charge in [0.25, 0.3) is 0 Å². The molecule has 13 heteroatoms. The highest BCUT2D eigenvalue weighted by Crippen LogP contribution is 2.60. The van der Waals surface area contributed by atoms with Gasteiger partial charge in [0.1, 0.15) is 5.82 Å². The molecular formula is C25H25F3N6O4. The Bertz CT molecular complexity index is 1300. The summed E-state index contributed by atoms with van der Waals surface area (Å²) in [7, 11) is 0. The van der Waals surface area contributed by atoms with Crippen molar-refractivity contribution in [2.45, 2.75) is 32.4 Å². The second-order valence-corrected chi connectivity index (χ2v) is 9.33. The van der Waals surface area contributed by atoms with Gasteiger partial charge in [-0.25, -0.2) is 4.98 Å². The van der Waals surface area contributed by atoms with Crippen molar-refractivity contribution in [2.24, 2.45) is 11.3 Å². The number of rotatable bonds is 7. The lowest BCUT2D eigenvalue weighted by atomic mass is 9.91. The van der Waals surface area contributed by atoms with Crippen LogP contribution in [-0.4, -0.2) is 46.8 Å². The number of amides is 1. The molecule has 1 aromatic carbocycles. The number of alkyl halides is 3. The Kier molecular flexibility index (Phi) is 6.67.